The number of aliphatic hydroxyl groups is 2. The first kappa shape index (κ1) is 44.4. The van der Waals surface area contributed by atoms with E-state index in [0.717, 1.165) is 51.4 Å². The van der Waals surface area contributed by atoms with Gasteiger partial charge in [0.15, 0.2) is 5.78 Å². The van der Waals surface area contributed by atoms with Crippen LogP contribution in [0.15, 0.2) is 12.2 Å². The van der Waals surface area contributed by atoms with Crippen molar-refractivity contribution in [2.24, 2.45) is 0 Å². The highest BCUT2D eigenvalue weighted by Gasteiger charge is 2.25. The van der Waals surface area contributed by atoms with E-state index < -0.39 is 18.8 Å². The first-order valence-electron chi connectivity index (χ1n) is 19.4. The molecular weight excluding hydrogens is 579 g/mol. The molecule has 0 radical (unpaired) electrons. The van der Waals surface area contributed by atoms with Crippen LogP contribution in [0.2, 0.25) is 0 Å². The van der Waals surface area contributed by atoms with Crippen molar-refractivity contribution in [3.05, 3.63) is 12.2 Å². The molecule has 2 N–H and O–H groups in total. The van der Waals surface area contributed by atoms with E-state index in [-0.39, 0.29) is 5.78 Å². The first-order valence-corrected chi connectivity index (χ1v) is 19.9. The van der Waals surface area contributed by atoms with Crippen molar-refractivity contribution in [3.8, 4) is 0 Å². The van der Waals surface area contributed by atoms with Gasteiger partial charge in [0.2, 0.25) is 0 Å². The molecule has 0 saturated heterocycles. The fourth-order valence-electron chi connectivity index (χ4n) is 6.06. The zero-order chi connectivity index (χ0) is 33.1. The zero-order valence-electron chi connectivity index (χ0n) is 29.6. The minimum Gasteiger partial charge on any atom is -0.394 e. The minimum atomic E-state index is -1.15. The molecule has 6 heteroatoms. The summed E-state index contributed by atoms with van der Waals surface area (Å²) in [5.74, 6) is 0.338. The van der Waals surface area contributed by atoms with E-state index in [4.69, 9.17) is 9.63 Å². The molecule has 3 unspecified atom stereocenters. The summed E-state index contributed by atoms with van der Waals surface area (Å²) in [7, 11) is 2.00. The third kappa shape index (κ3) is 31.7. The largest absolute Gasteiger partial charge is 0.394 e. The van der Waals surface area contributed by atoms with Gasteiger partial charge in [-0.3, -0.25) is 9.59 Å². The fourth-order valence-corrected chi connectivity index (χ4v) is 6.39. The van der Waals surface area contributed by atoms with Crippen LogP contribution in [0.1, 0.15) is 206 Å². The molecule has 0 aromatic heterocycles. The van der Waals surface area contributed by atoms with E-state index in [0.29, 0.717) is 12.2 Å². The second-order valence-corrected chi connectivity index (χ2v) is 13.7. The summed E-state index contributed by atoms with van der Waals surface area (Å²) in [6.07, 6.45) is 40.0. The Bertz CT molecular complexity index is 668. The Morgan fingerprint density at radius 1 is 0.556 bits per heavy atom. The van der Waals surface area contributed by atoms with Gasteiger partial charge in [-0.15, -0.1) is 0 Å². The lowest BCUT2D eigenvalue weighted by molar-refractivity contribution is -0.131. The van der Waals surface area contributed by atoms with Crippen molar-refractivity contribution in [2.75, 3.05) is 6.61 Å². The summed E-state index contributed by atoms with van der Waals surface area (Å²) in [5.41, 5.74) is 0. The van der Waals surface area contributed by atoms with Gasteiger partial charge < -0.3 is 14.7 Å². The van der Waals surface area contributed by atoms with Crippen molar-refractivity contribution < 1.29 is 24.3 Å². The molecule has 0 heterocycles. The third-order valence-corrected chi connectivity index (χ3v) is 9.39. The van der Waals surface area contributed by atoms with Gasteiger partial charge in [0.05, 0.1) is 6.61 Å². The van der Waals surface area contributed by atoms with E-state index in [1.54, 1.807) is 0 Å². The van der Waals surface area contributed by atoms with Gasteiger partial charge in [-0.2, -0.15) is 0 Å². The number of Topliss-reactive ketones (excluding diaryl/α,β-unsaturated/α-hetero) is 2. The standard InChI is InChI=1S/C39H75O5P/c1-2-3-4-5-6-7-8-9-11-14-17-20-23-26-29-32-36(41)33-30-27-24-21-18-15-12-10-13-16-19-22-25-28-31-34-37(42)39(44-45)38(43)35-40/h10,13,38-40,43H,2-9,11-12,14-35,45H2,1H3/b13-10-. The van der Waals surface area contributed by atoms with E-state index in [2.05, 4.69) is 19.1 Å². The molecule has 0 aliphatic heterocycles. The molecule has 0 aromatic carbocycles. The third-order valence-electron chi connectivity index (χ3n) is 9.10. The average molecular weight is 655 g/mol. The highest BCUT2D eigenvalue weighted by atomic mass is 31.0. The molecule has 0 fully saturated rings. The number of hydrogen-bond donors (Lipinski definition) is 2. The van der Waals surface area contributed by atoms with Crippen molar-refractivity contribution >= 4 is 21.0 Å². The summed E-state index contributed by atoms with van der Waals surface area (Å²) in [6, 6.07) is 0. The number of ketones is 2. The molecule has 3 atom stereocenters. The molecule has 0 aliphatic carbocycles. The maximum atomic E-state index is 12.2. The van der Waals surface area contributed by atoms with Crippen molar-refractivity contribution in [3.63, 3.8) is 0 Å². The Labute approximate surface area is 281 Å². The first-order chi connectivity index (χ1) is 22.1. The van der Waals surface area contributed by atoms with E-state index in [1.165, 1.54) is 141 Å². The van der Waals surface area contributed by atoms with Gasteiger partial charge in [0, 0.05) is 28.7 Å². The van der Waals surface area contributed by atoms with Crippen LogP contribution in [0.5, 0.6) is 0 Å². The van der Waals surface area contributed by atoms with Gasteiger partial charge in [0.25, 0.3) is 0 Å². The smallest absolute Gasteiger partial charge is 0.164 e. The van der Waals surface area contributed by atoms with E-state index in [9.17, 15) is 14.7 Å². The predicted molar refractivity (Wildman–Crippen MR) is 196 cm³/mol. The van der Waals surface area contributed by atoms with Crippen molar-refractivity contribution in [2.45, 2.75) is 218 Å². The highest BCUT2D eigenvalue weighted by molar-refractivity contribution is 7.09. The fraction of sp³-hybridized carbons (Fsp3) is 0.897. The van der Waals surface area contributed by atoms with Gasteiger partial charge in [-0.25, -0.2) is 0 Å². The highest BCUT2D eigenvalue weighted by Crippen LogP contribution is 2.16. The number of allylic oxidation sites excluding steroid dienone is 2. The normalized spacial score (nSPS) is 13.1. The van der Waals surface area contributed by atoms with E-state index >= 15 is 0 Å². The van der Waals surface area contributed by atoms with Crippen LogP contribution in [0.3, 0.4) is 0 Å². The Hall–Kier alpha value is -0.610. The molecule has 0 saturated carbocycles. The molecule has 266 valence electrons. The molecule has 45 heavy (non-hydrogen) atoms. The second-order valence-electron chi connectivity index (χ2n) is 13.4. The molecule has 0 amide bonds. The van der Waals surface area contributed by atoms with Crippen molar-refractivity contribution in [1.29, 1.82) is 0 Å². The summed E-state index contributed by atoms with van der Waals surface area (Å²) in [6.45, 7) is 1.81. The molecule has 5 nitrogen and oxygen atoms in total. The Morgan fingerprint density at radius 2 is 0.889 bits per heavy atom. The van der Waals surface area contributed by atoms with Crippen molar-refractivity contribution in [1.82, 2.24) is 0 Å². The molecule has 0 spiro atoms. The number of rotatable bonds is 37. The Balaban J connectivity index is 3.32. The van der Waals surface area contributed by atoms with Crippen LogP contribution in [0.25, 0.3) is 0 Å². The van der Waals surface area contributed by atoms with Crippen LogP contribution in [0.4, 0.5) is 0 Å². The average Bonchev–Trinajstić information content (AvgIpc) is 3.04. The SMILES string of the molecule is CCCCCCCCCCCCCCCCCC(=O)CCCCCCCC/C=C\CCCCCCCC(=O)C(OP)C(O)CO. The lowest BCUT2D eigenvalue weighted by Crippen LogP contribution is -2.36. The molecule has 0 rings (SSSR count). The second kappa shape index (κ2) is 36.2. The molecule has 0 aromatic rings. The summed E-state index contributed by atoms with van der Waals surface area (Å²) in [4.78, 5) is 24.2. The number of hydrogen-bond acceptors (Lipinski definition) is 5. The van der Waals surface area contributed by atoms with Gasteiger partial charge in [0.1, 0.15) is 18.0 Å². The van der Waals surface area contributed by atoms with Gasteiger partial charge in [-0.1, -0.05) is 154 Å². The Kier molecular flexibility index (Phi) is 35.7. The van der Waals surface area contributed by atoms with Crippen LogP contribution >= 0.6 is 9.47 Å². The summed E-state index contributed by atoms with van der Waals surface area (Å²) >= 11 is 0. The predicted octanol–water partition coefficient (Wildman–Crippen LogP) is 11.3. The van der Waals surface area contributed by atoms with E-state index in [1.807, 2.05) is 9.47 Å². The molecule has 0 aliphatic rings. The summed E-state index contributed by atoms with van der Waals surface area (Å²) < 4.78 is 4.93. The number of carbonyl (C=O) groups excluding carboxylic acids is 2. The molecule has 0 bridgehead atoms. The topological polar surface area (TPSA) is 83.8 Å². The van der Waals surface area contributed by atoms with Gasteiger partial charge >= 0.3 is 0 Å². The maximum Gasteiger partial charge on any atom is 0.164 e. The van der Waals surface area contributed by atoms with Gasteiger partial charge in [-0.05, 0) is 44.9 Å². The zero-order valence-corrected chi connectivity index (χ0v) is 30.8. The monoisotopic (exact) mass is 655 g/mol. The summed E-state index contributed by atoms with van der Waals surface area (Å²) in [5, 5.41) is 18.6. The minimum absolute atomic E-state index is 0.148. The number of unbranched alkanes of at least 4 members (excludes halogenated alkanes) is 25. The van der Waals surface area contributed by atoms with Crippen LogP contribution in [-0.4, -0.2) is 40.6 Å². The van der Waals surface area contributed by atoms with Crippen LogP contribution in [-0.2, 0) is 14.1 Å². The lowest BCUT2D eigenvalue weighted by atomic mass is 10.0. The Morgan fingerprint density at radius 3 is 1.24 bits per heavy atom. The van der Waals surface area contributed by atoms with Crippen LogP contribution < -0.4 is 0 Å². The van der Waals surface area contributed by atoms with Crippen LogP contribution in [0, 0.1) is 0 Å². The quantitative estimate of drug-likeness (QED) is 0.0396. The number of carbonyl (C=O) groups is 2. The lowest BCUT2D eigenvalue weighted by Gasteiger charge is -2.18. The number of aliphatic hydroxyl groups excluding tert-OH is 2. The maximum absolute atomic E-state index is 12.2. The molecular formula is C39H75O5P.